The van der Waals surface area contributed by atoms with E-state index in [1.165, 1.54) is 0 Å². The molecule has 4 nitrogen and oxygen atoms in total. The van der Waals surface area contributed by atoms with Crippen molar-refractivity contribution >= 4 is 0 Å². The van der Waals surface area contributed by atoms with Crippen molar-refractivity contribution in [2.75, 3.05) is 13.7 Å². The summed E-state index contributed by atoms with van der Waals surface area (Å²) in [7, 11) is 1.73. The highest BCUT2D eigenvalue weighted by atomic mass is 16.5. The molecule has 0 saturated carbocycles. The molecule has 2 atom stereocenters. The summed E-state index contributed by atoms with van der Waals surface area (Å²) in [5, 5.41) is 0. The van der Waals surface area contributed by atoms with Gasteiger partial charge in [-0.2, -0.15) is 0 Å². The lowest BCUT2D eigenvalue weighted by molar-refractivity contribution is 0.148. The lowest BCUT2D eigenvalue weighted by Gasteiger charge is -2.21. The largest absolute Gasteiger partial charge is 0.383 e. The molecule has 0 spiro atoms. The number of ether oxygens (including phenoxy) is 1. The number of aromatic nitrogens is 2. The molecule has 0 aliphatic carbocycles. The molecule has 0 bridgehead atoms. The zero-order valence-corrected chi connectivity index (χ0v) is 9.81. The Kier molecular flexibility index (Phi) is 4.78. The van der Waals surface area contributed by atoms with Crippen molar-refractivity contribution in [3.05, 3.63) is 18.2 Å². The molecular formula is C11H21N3O. The Balaban J connectivity index is 2.84. The van der Waals surface area contributed by atoms with E-state index in [-0.39, 0.29) is 6.04 Å². The normalized spacial score (nSPS) is 15.2. The van der Waals surface area contributed by atoms with Crippen LogP contribution in [0.1, 0.15) is 44.5 Å². The van der Waals surface area contributed by atoms with Crippen LogP contribution < -0.4 is 5.73 Å². The predicted molar refractivity (Wildman–Crippen MR) is 60.7 cm³/mol. The van der Waals surface area contributed by atoms with Crippen LogP contribution in [0.5, 0.6) is 0 Å². The number of hydrogen-bond donors (Lipinski definition) is 1. The lowest BCUT2D eigenvalue weighted by atomic mass is 10.1. The molecule has 1 unspecified atom stereocenters. The summed E-state index contributed by atoms with van der Waals surface area (Å²) in [4.78, 5) is 4.16. The van der Waals surface area contributed by atoms with Gasteiger partial charge in [0.25, 0.3) is 0 Å². The van der Waals surface area contributed by atoms with E-state index in [0.29, 0.717) is 12.6 Å². The summed E-state index contributed by atoms with van der Waals surface area (Å²) in [6.45, 7) is 4.86. The molecule has 86 valence electrons. The van der Waals surface area contributed by atoms with Crippen LogP contribution in [0.25, 0.3) is 0 Å². The van der Waals surface area contributed by atoms with Crippen LogP contribution in [0.3, 0.4) is 0 Å². The van der Waals surface area contributed by atoms with Crippen LogP contribution in [0.4, 0.5) is 0 Å². The van der Waals surface area contributed by atoms with Crippen molar-refractivity contribution in [3.63, 3.8) is 0 Å². The maximum atomic E-state index is 5.89. The first-order valence-corrected chi connectivity index (χ1v) is 5.46. The molecule has 1 rings (SSSR count). The van der Waals surface area contributed by atoms with E-state index in [1.807, 2.05) is 19.4 Å². The van der Waals surface area contributed by atoms with Gasteiger partial charge in [0.1, 0.15) is 0 Å². The summed E-state index contributed by atoms with van der Waals surface area (Å²) in [5.41, 5.74) is 6.96. The smallest absolute Gasteiger partial charge is 0.0952 e. The van der Waals surface area contributed by atoms with E-state index in [0.717, 1.165) is 18.5 Å². The van der Waals surface area contributed by atoms with Crippen LogP contribution in [-0.2, 0) is 4.74 Å². The Labute approximate surface area is 91.4 Å². The molecular weight excluding hydrogens is 190 g/mol. The van der Waals surface area contributed by atoms with Gasteiger partial charge in [0.2, 0.25) is 0 Å². The molecule has 0 aromatic carbocycles. The molecule has 0 saturated heterocycles. The topological polar surface area (TPSA) is 53.1 Å². The molecule has 0 aliphatic rings. The van der Waals surface area contributed by atoms with Crippen molar-refractivity contribution in [2.45, 2.75) is 38.8 Å². The first-order valence-electron chi connectivity index (χ1n) is 5.46. The average molecular weight is 211 g/mol. The van der Waals surface area contributed by atoms with E-state index >= 15 is 0 Å². The summed E-state index contributed by atoms with van der Waals surface area (Å²) in [6.07, 6.45) is 5.90. The second kappa shape index (κ2) is 5.88. The van der Waals surface area contributed by atoms with Gasteiger partial charge in [-0.05, 0) is 13.3 Å². The quantitative estimate of drug-likeness (QED) is 0.781. The van der Waals surface area contributed by atoms with Gasteiger partial charge in [-0.1, -0.05) is 13.3 Å². The number of imidazole rings is 1. The van der Waals surface area contributed by atoms with Crippen molar-refractivity contribution in [3.8, 4) is 0 Å². The van der Waals surface area contributed by atoms with Crippen LogP contribution >= 0.6 is 0 Å². The highest BCUT2D eigenvalue weighted by molar-refractivity contribution is 5.04. The third-order valence-corrected chi connectivity index (χ3v) is 2.54. The van der Waals surface area contributed by atoms with E-state index in [4.69, 9.17) is 10.5 Å². The Hall–Kier alpha value is -0.870. The van der Waals surface area contributed by atoms with Crippen LogP contribution in [0.2, 0.25) is 0 Å². The summed E-state index contributed by atoms with van der Waals surface area (Å²) >= 11 is 0. The predicted octanol–water partition coefficient (Wildman–Crippen LogP) is 1.89. The van der Waals surface area contributed by atoms with Gasteiger partial charge in [-0.3, -0.25) is 0 Å². The number of nitrogens with zero attached hydrogens (tertiary/aromatic N) is 2. The second-order valence-corrected chi connectivity index (χ2v) is 3.91. The van der Waals surface area contributed by atoms with Gasteiger partial charge < -0.3 is 15.0 Å². The Morgan fingerprint density at radius 2 is 2.33 bits per heavy atom. The van der Waals surface area contributed by atoms with Crippen LogP contribution in [-0.4, -0.2) is 23.3 Å². The fourth-order valence-corrected chi connectivity index (χ4v) is 1.80. The zero-order valence-electron chi connectivity index (χ0n) is 9.81. The van der Waals surface area contributed by atoms with Crippen molar-refractivity contribution < 1.29 is 4.74 Å². The summed E-state index contributed by atoms with van der Waals surface area (Å²) in [5.74, 6) is 0. The van der Waals surface area contributed by atoms with Gasteiger partial charge in [0.15, 0.2) is 0 Å². The van der Waals surface area contributed by atoms with E-state index in [1.54, 1.807) is 7.11 Å². The van der Waals surface area contributed by atoms with Crippen molar-refractivity contribution in [2.24, 2.45) is 5.73 Å². The van der Waals surface area contributed by atoms with Gasteiger partial charge in [0, 0.05) is 19.3 Å². The average Bonchev–Trinajstić information content (AvgIpc) is 2.65. The Bertz CT molecular complexity index is 277. The maximum Gasteiger partial charge on any atom is 0.0952 e. The number of nitrogens with two attached hydrogens (primary N) is 1. The minimum Gasteiger partial charge on any atom is -0.383 e. The molecule has 0 radical (unpaired) electrons. The first-order chi connectivity index (χ1) is 7.20. The van der Waals surface area contributed by atoms with E-state index in [2.05, 4.69) is 16.5 Å². The first kappa shape index (κ1) is 12.2. The van der Waals surface area contributed by atoms with Crippen molar-refractivity contribution in [1.29, 1.82) is 0 Å². The molecule has 2 N–H and O–H groups in total. The highest BCUT2D eigenvalue weighted by Gasteiger charge is 2.15. The molecule has 15 heavy (non-hydrogen) atoms. The molecule has 0 aliphatic heterocycles. The summed E-state index contributed by atoms with van der Waals surface area (Å²) in [6, 6.07) is 0.368. The van der Waals surface area contributed by atoms with Crippen molar-refractivity contribution in [1.82, 2.24) is 9.55 Å². The van der Waals surface area contributed by atoms with E-state index in [9.17, 15) is 0 Å². The van der Waals surface area contributed by atoms with Crippen LogP contribution in [0.15, 0.2) is 12.5 Å². The van der Waals surface area contributed by atoms with Crippen LogP contribution in [0, 0.1) is 0 Å². The second-order valence-electron chi connectivity index (χ2n) is 3.91. The third kappa shape index (κ3) is 3.04. The molecule has 0 fully saturated rings. The van der Waals surface area contributed by atoms with Gasteiger partial charge in [-0.15, -0.1) is 0 Å². The SMILES string of the molecule is CCCC(COC)n1cncc1[C@@H](C)N. The molecule has 1 aromatic heterocycles. The van der Waals surface area contributed by atoms with Gasteiger partial charge in [0.05, 0.1) is 24.7 Å². The number of rotatable bonds is 6. The maximum absolute atomic E-state index is 5.89. The Morgan fingerprint density at radius 1 is 1.60 bits per heavy atom. The Morgan fingerprint density at radius 3 is 2.87 bits per heavy atom. The van der Waals surface area contributed by atoms with Gasteiger partial charge in [-0.25, -0.2) is 4.98 Å². The van der Waals surface area contributed by atoms with E-state index < -0.39 is 0 Å². The number of hydrogen-bond acceptors (Lipinski definition) is 3. The lowest BCUT2D eigenvalue weighted by Crippen LogP contribution is -2.19. The molecule has 1 aromatic rings. The highest BCUT2D eigenvalue weighted by Crippen LogP contribution is 2.19. The fourth-order valence-electron chi connectivity index (χ4n) is 1.80. The zero-order chi connectivity index (χ0) is 11.3. The van der Waals surface area contributed by atoms with Gasteiger partial charge >= 0.3 is 0 Å². The number of methoxy groups -OCH3 is 1. The monoisotopic (exact) mass is 211 g/mol. The third-order valence-electron chi connectivity index (χ3n) is 2.54. The fraction of sp³-hybridized carbons (Fsp3) is 0.727. The molecule has 0 amide bonds. The summed E-state index contributed by atoms with van der Waals surface area (Å²) < 4.78 is 7.36. The molecule has 4 heteroatoms. The minimum atomic E-state index is 0.0173. The minimum absolute atomic E-state index is 0.0173. The standard InChI is InChI=1S/C11H21N3O/c1-4-5-10(7-15-3)14-8-13-6-11(14)9(2)12/h6,8-10H,4-5,7,12H2,1-3H3/t9-,10?/m1/s1. The molecule has 1 heterocycles.